The van der Waals surface area contributed by atoms with Gasteiger partial charge >= 0.3 is 0 Å². The van der Waals surface area contributed by atoms with Crippen LogP contribution in [0.15, 0.2) is 42.2 Å². The molecule has 0 saturated carbocycles. The van der Waals surface area contributed by atoms with Gasteiger partial charge in [0.25, 0.3) is 0 Å². The second kappa shape index (κ2) is 8.58. The van der Waals surface area contributed by atoms with Crippen molar-refractivity contribution < 1.29 is 9.84 Å². The number of ether oxygens (including phenoxy) is 1. The summed E-state index contributed by atoms with van der Waals surface area (Å²) in [5.41, 5.74) is 12.0. The molecule has 6 N–H and O–H groups in total. The van der Waals surface area contributed by atoms with E-state index in [2.05, 4.69) is 16.8 Å². The molecule has 0 spiro atoms. The van der Waals surface area contributed by atoms with Crippen molar-refractivity contribution in [2.45, 2.75) is 26.5 Å². The van der Waals surface area contributed by atoms with Crippen LogP contribution in [0.25, 0.3) is 27.9 Å². The highest BCUT2D eigenvalue weighted by molar-refractivity contribution is 5.95. The number of morpholine rings is 1. The van der Waals surface area contributed by atoms with Crippen molar-refractivity contribution in [2.75, 3.05) is 31.7 Å². The predicted molar refractivity (Wildman–Crippen MR) is 124 cm³/mol. The monoisotopic (exact) mass is 422 g/mol. The van der Waals surface area contributed by atoms with Gasteiger partial charge in [-0.05, 0) is 49.7 Å². The van der Waals surface area contributed by atoms with Gasteiger partial charge < -0.3 is 30.5 Å². The molecule has 1 unspecified atom stereocenters. The maximum absolute atomic E-state index is 9.78. The first kappa shape index (κ1) is 21.2. The van der Waals surface area contributed by atoms with Crippen LogP contribution in [0.4, 0.5) is 5.82 Å². The SMILES string of the molecule is C/C(N)=C(\c1cc(-c2cc(CO)cc3[nH]ccc23)nc(N2CCOCC2C)c1)N(C)N. The fourth-order valence-corrected chi connectivity index (χ4v) is 4.24. The first-order valence-corrected chi connectivity index (χ1v) is 10.4. The number of nitrogens with one attached hydrogen (secondary N) is 1. The largest absolute Gasteiger partial charge is 0.401 e. The third kappa shape index (κ3) is 4.10. The average Bonchev–Trinajstić information content (AvgIpc) is 3.21. The van der Waals surface area contributed by atoms with E-state index in [9.17, 15) is 5.11 Å². The normalized spacial score (nSPS) is 17.7. The van der Waals surface area contributed by atoms with Crippen LogP contribution in [0.2, 0.25) is 0 Å². The van der Waals surface area contributed by atoms with Gasteiger partial charge in [0.05, 0.1) is 37.3 Å². The van der Waals surface area contributed by atoms with Crippen molar-refractivity contribution in [3.63, 3.8) is 0 Å². The molecule has 1 aliphatic rings. The minimum Gasteiger partial charge on any atom is -0.401 e. The Labute approximate surface area is 182 Å². The zero-order valence-corrected chi connectivity index (χ0v) is 18.2. The van der Waals surface area contributed by atoms with E-state index in [1.807, 2.05) is 43.5 Å². The summed E-state index contributed by atoms with van der Waals surface area (Å²) in [5.74, 6) is 6.99. The van der Waals surface area contributed by atoms with Crippen LogP contribution >= 0.6 is 0 Å². The van der Waals surface area contributed by atoms with Crippen molar-refractivity contribution in [3.05, 3.63) is 53.4 Å². The molecule has 8 nitrogen and oxygen atoms in total. The predicted octanol–water partition coefficient (Wildman–Crippen LogP) is 2.40. The highest BCUT2D eigenvalue weighted by Gasteiger charge is 2.23. The summed E-state index contributed by atoms with van der Waals surface area (Å²) >= 11 is 0. The Morgan fingerprint density at radius 1 is 1.35 bits per heavy atom. The van der Waals surface area contributed by atoms with E-state index in [4.69, 9.17) is 21.3 Å². The Bertz CT molecular complexity index is 1120. The lowest BCUT2D eigenvalue weighted by molar-refractivity contribution is 0.0985. The lowest BCUT2D eigenvalue weighted by Gasteiger charge is -2.35. The number of nitrogens with zero attached hydrogens (tertiary/aromatic N) is 3. The highest BCUT2D eigenvalue weighted by atomic mass is 16.5. The first-order chi connectivity index (χ1) is 14.9. The number of aliphatic hydroxyl groups is 1. The molecule has 1 fully saturated rings. The van der Waals surface area contributed by atoms with Crippen LogP contribution in [0.1, 0.15) is 25.0 Å². The molecular formula is C23H30N6O2. The van der Waals surface area contributed by atoms with E-state index in [0.29, 0.717) is 18.9 Å². The molecule has 1 aromatic carbocycles. The van der Waals surface area contributed by atoms with E-state index in [1.165, 1.54) is 5.01 Å². The fourth-order valence-electron chi connectivity index (χ4n) is 4.24. The quantitative estimate of drug-likeness (QED) is 0.368. The fraction of sp³-hybridized carbons (Fsp3) is 0.348. The molecular weight excluding hydrogens is 392 g/mol. The molecule has 1 aliphatic heterocycles. The van der Waals surface area contributed by atoms with Crippen molar-refractivity contribution in [1.29, 1.82) is 0 Å². The average molecular weight is 423 g/mol. The minimum absolute atomic E-state index is 0.0480. The van der Waals surface area contributed by atoms with Gasteiger partial charge in [0.1, 0.15) is 5.82 Å². The van der Waals surface area contributed by atoms with E-state index in [1.54, 1.807) is 7.05 Å². The summed E-state index contributed by atoms with van der Waals surface area (Å²) in [4.78, 5) is 10.5. The molecule has 1 atom stereocenters. The third-order valence-corrected chi connectivity index (χ3v) is 5.66. The molecule has 3 heterocycles. The van der Waals surface area contributed by atoms with Gasteiger partial charge in [0.15, 0.2) is 0 Å². The topological polar surface area (TPSA) is 117 Å². The highest BCUT2D eigenvalue weighted by Crippen LogP contribution is 2.34. The van der Waals surface area contributed by atoms with Crippen LogP contribution in [-0.4, -0.2) is 52.9 Å². The van der Waals surface area contributed by atoms with E-state index < -0.39 is 0 Å². The van der Waals surface area contributed by atoms with Gasteiger partial charge in [-0.3, -0.25) is 0 Å². The Morgan fingerprint density at radius 3 is 2.84 bits per heavy atom. The van der Waals surface area contributed by atoms with E-state index >= 15 is 0 Å². The van der Waals surface area contributed by atoms with Gasteiger partial charge in [-0.2, -0.15) is 0 Å². The van der Waals surface area contributed by atoms with Gasteiger partial charge in [0, 0.05) is 47.5 Å². The molecule has 31 heavy (non-hydrogen) atoms. The minimum atomic E-state index is -0.0480. The van der Waals surface area contributed by atoms with Crippen molar-refractivity contribution >= 4 is 22.4 Å². The van der Waals surface area contributed by atoms with Crippen LogP contribution in [-0.2, 0) is 11.3 Å². The number of pyridine rings is 1. The Hall–Kier alpha value is -3.07. The number of allylic oxidation sites excluding steroid dienone is 1. The number of hydrogen-bond acceptors (Lipinski definition) is 7. The Balaban J connectivity index is 1.96. The number of aliphatic hydroxyl groups excluding tert-OH is 1. The lowest BCUT2D eigenvalue weighted by Crippen LogP contribution is -2.44. The number of anilines is 1. The summed E-state index contributed by atoms with van der Waals surface area (Å²) in [6.45, 7) is 5.98. The number of hydrogen-bond donors (Lipinski definition) is 4. The third-order valence-electron chi connectivity index (χ3n) is 5.66. The van der Waals surface area contributed by atoms with Gasteiger partial charge in [0.2, 0.25) is 0 Å². The van der Waals surface area contributed by atoms with Crippen LogP contribution < -0.4 is 16.5 Å². The summed E-state index contributed by atoms with van der Waals surface area (Å²) in [6, 6.07) is 10.2. The van der Waals surface area contributed by atoms with Gasteiger partial charge in [-0.15, -0.1) is 0 Å². The number of aromatic nitrogens is 2. The molecule has 3 aromatic rings. The summed E-state index contributed by atoms with van der Waals surface area (Å²) in [6.07, 6.45) is 1.90. The molecule has 0 aliphatic carbocycles. The Morgan fingerprint density at radius 2 is 2.16 bits per heavy atom. The molecule has 0 bridgehead atoms. The van der Waals surface area contributed by atoms with Crippen LogP contribution in [0.5, 0.6) is 0 Å². The second-order valence-corrected chi connectivity index (χ2v) is 8.10. The second-order valence-electron chi connectivity index (χ2n) is 8.10. The molecule has 2 aromatic heterocycles. The molecule has 0 radical (unpaired) electrons. The maximum Gasteiger partial charge on any atom is 0.130 e. The molecule has 8 heteroatoms. The molecule has 0 amide bonds. The summed E-state index contributed by atoms with van der Waals surface area (Å²) < 4.78 is 5.62. The number of aromatic amines is 1. The number of rotatable bonds is 5. The van der Waals surface area contributed by atoms with Gasteiger partial charge in [-0.1, -0.05) is 0 Å². The maximum atomic E-state index is 9.78. The summed E-state index contributed by atoms with van der Waals surface area (Å²) in [7, 11) is 1.78. The van der Waals surface area contributed by atoms with Crippen molar-refractivity contribution in [3.8, 4) is 11.3 Å². The zero-order valence-electron chi connectivity index (χ0n) is 18.2. The molecule has 1 saturated heterocycles. The smallest absolute Gasteiger partial charge is 0.130 e. The first-order valence-electron chi connectivity index (χ1n) is 10.4. The standard InChI is InChI=1S/C23H30N6O2/c1-14-13-31-7-6-29(14)22-11-17(23(15(2)24)28(3)25)10-21(27-22)19-8-16(12-30)9-20-18(19)4-5-26-20/h4-5,8-11,14,26,30H,6-7,12-13,24-25H2,1-3H3/b23-15-. The summed E-state index contributed by atoms with van der Waals surface area (Å²) in [5, 5.41) is 12.4. The number of H-pyrrole nitrogens is 1. The van der Waals surface area contributed by atoms with Gasteiger partial charge in [-0.25, -0.2) is 10.8 Å². The number of benzene rings is 1. The van der Waals surface area contributed by atoms with E-state index in [0.717, 1.165) is 51.3 Å². The number of nitrogens with two attached hydrogens (primary N) is 2. The van der Waals surface area contributed by atoms with Crippen LogP contribution in [0.3, 0.4) is 0 Å². The molecule has 164 valence electrons. The number of hydrazine groups is 1. The van der Waals surface area contributed by atoms with Crippen molar-refractivity contribution in [2.24, 2.45) is 11.6 Å². The lowest BCUT2D eigenvalue weighted by atomic mass is 10.00. The van der Waals surface area contributed by atoms with Crippen LogP contribution in [0, 0.1) is 0 Å². The number of fused-ring (bicyclic) bond motifs is 1. The van der Waals surface area contributed by atoms with E-state index in [-0.39, 0.29) is 12.6 Å². The molecule has 4 rings (SSSR count). The Kier molecular flexibility index (Phi) is 5.86. The van der Waals surface area contributed by atoms with Crippen molar-refractivity contribution in [1.82, 2.24) is 15.0 Å². The zero-order chi connectivity index (χ0) is 22.1.